The van der Waals surface area contributed by atoms with Crippen LogP contribution < -0.4 is 15.2 Å². The first-order chi connectivity index (χ1) is 16.4. The molecule has 0 aliphatic heterocycles. The summed E-state index contributed by atoms with van der Waals surface area (Å²) in [6.07, 6.45) is 0.750. The largest absolute Gasteiger partial charge is 0.477 e. The molecule has 11 nitrogen and oxygen atoms in total. The van der Waals surface area contributed by atoms with Crippen LogP contribution in [0.3, 0.4) is 0 Å². The Kier molecular flexibility index (Phi) is 9.41. The van der Waals surface area contributed by atoms with Crippen molar-refractivity contribution >= 4 is 34.3 Å². The number of aromatic carboxylic acids is 1. The Morgan fingerprint density at radius 2 is 1.83 bits per heavy atom. The molecule has 36 heavy (non-hydrogen) atoms. The number of rotatable bonds is 10. The Labute approximate surface area is 216 Å². The van der Waals surface area contributed by atoms with Crippen molar-refractivity contribution in [1.29, 1.82) is 0 Å². The first kappa shape index (κ1) is 29.0. The third-order valence-electron chi connectivity index (χ3n) is 5.24. The fourth-order valence-corrected chi connectivity index (χ4v) is 4.63. The quantitative estimate of drug-likeness (QED) is 0.352. The molecule has 1 atom stereocenters. The maximum atomic E-state index is 12.9. The Hall–Kier alpha value is -3.22. The molecule has 0 spiro atoms. The molecule has 3 rings (SSSR count). The van der Waals surface area contributed by atoms with E-state index in [-0.39, 0.29) is 42.6 Å². The van der Waals surface area contributed by atoms with Crippen LogP contribution >= 0.6 is 12.4 Å². The zero-order valence-corrected chi connectivity index (χ0v) is 22.4. The van der Waals surface area contributed by atoms with Crippen molar-refractivity contribution in [1.82, 2.24) is 19.7 Å². The third kappa shape index (κ3) is 6.93. The monoisotopic (exact) mass is 538 g/mol. The topological polar surface area (TPSA) is 162 Å². The van der Waals surface area contributed by atoms with Gasteiger partial charge in [0, 0.05) is 30.8 Å². The first-order valence-corrected chi connectivity index (χ1v) is 12.5. The van der Waals surface area contributed by atoms with Gasteiger partial charge >= 0.3 is 5.97 Å². The van der Waals surface area contributed by atoms with Crippen molar-refractivity contribution in [2.75, 3.05) is 11.3 Å². The van der Waals surface area contributed by atoms with Gasteiger partial charge in [-0.15, -0.1) is 12.4 Å². The van der Waals surface area contributed by atoms with Gasteiger partial charge in [0.05, 0.1) is 5.69 Å². The lowest BCUT2D eigenvalue weighted by atomic mass is 10.00. The maximum absolute atomic E-state index is 12.9. The van der Waals surface area contributed by atoms with Gasteiger partial charge in [-0.25, -0.2) is 14.5 Å². The molecule has 2 aromatic heterocycles. The Morgan fingerprint density at radius 1 is 1.19 bits per heavy atom. The SMILES string of the molecule is Cc1cccc(C)c1-c1cc(OC[C@H](N)CC(C)C)nc(NS(=O)(=O)c2cc(C(=O)O)n(C)n2)n1.Cl. The highest BCUT2D eigenvalue weighted by molar-refractivity contribution is 7.92. The average Bonchev–Trinajstić information content (AvgIpc) is 3.14. The van der Waals surface area contributed by atoms with E-state index in [1.54, 1.807) is 6.07 Å². The van der Waals surface area contributed by atoms with Crippen LogP contribution in [0, 0.1) is 19.8 Å². The summed E-state index contributed by atoms with van der Waals surface area (Å²) in [5.74, 6) is -0.995. The summed E-state index contributed by atoms with van der Waals surface area (Å²) in [4.78, 5) is 19.9. The summed E-state index contributed by atoms with van der Waals surface area (Å²) < 4.78 is 35.0. The summed E-state index contributed by atoms with van der Waals surface area (Å²) in [5, 5.41) is 12.5. The van der Waals surface area contributed by atoms with Crippen LogP contribution in [-0.2, 0) is 17.1 Å². The molecule has 0 aliphatic carbocycles. The number of aromatic nitrogens is 4. The van der Waals surface area contributed by atoms with Crippen LogP contribution in [0.25, 0.3) is 11.3 Å². The molecule has 4 N–H and O–H groups in total. The number of sulfonamides is 1. The molecule has 0 saturated carbocycles. The number of nitrogens with two attached hydrogens (primary N) is 1. The lowest BCUT2D eigenvalue weighted by Crippen LogP contribution is -2.29. The van der Waals surface area contributed by atoms with Crippen molar-refractivity contribution in [2.24, 2.45) is 18.7 Å². The van der Waals surface area contributed by atoms with E-state index in [9.17, 15) is 18.3 Å². The highest BCUT2D eigenvalue weighted by Gasteiger charge is 2.24. The Bertz CT molecular complexity index is 1320. The number of anilines is 1. The second-order valence-electron chi connectivity index (χ2n) is 8.78. The van der Waals surface area contributed by atoms with E-state index in [1.807, 2.05) is 32.0 Å². The average molecular weight is 539 g/mol. The summed E-state index contributed by atoms with van der Waals surface area (Å²) in [5.41, 5.74) is 9.02. The minimum absolute atomic E-state index is 0. The van der Waals surface area contributed by atoms with Crippen LogP contribution in [-0.4, -0.2) is 51.9 Å². The van der Waals surface area contributed by atoms with Gasteiger partial charge in [-0.3, -0.25) is 4.68 Å². The van der Waals surface area contributed by atoms with Gasteiger partial charge in [-0.2, -0.15) is 18.5 Å². The predicted octanol–water partition coefficient (Wildman–Crippen LogP) is 3.17. The minimum atomic E-state index is -4.28. The van der Waals surface area contributed by atoms with Crippen LogP contribution in [0.4, 0.5) is 5.95 Å². The number of nitrogens with one attached hydrogen (secondary N) is 1. The van der Waals surface area contributed by atoms with Gasteiger partial charge in [-0.1, -0.05) is 32.0 Å². The van der Waals surface area contributed by atoms with Crippen LogP contribution in [0.15, 0.2) is 35.4 Å². The second kappa shape index (κ2) is 11.7. The number of carboxylic acids is 1. The maximum Gasteiger partial charge on any atom is 0.354 e. The molecule has 0 saturated heterocycles. The molecule has 0 aliphatic rings. The highest BCUT2D eigenvalue weighted by atomic mass is 35.5. The molecule has 0 fully saturated rings. The number of ether oxygens (including phenoxy) is 1. The molecule has 0 unspecified atom stereocenters. The molecule has 0 bridgehead atoms. The molecule has 13 heteroatoms. The molecular formula is C23H31ClN6O5S. The molecule has 1 aromatic carbocycles. The number of halogens is 1. The van der Waals surface area contributed by atoms with Crippen molar-refractivity contribution in [3.63, 3.8) is 0 Å². The minimum Gasteiger partial charge on any atom is -0.477 e. The molecule has 0 radical (unpaired) electrons. The Balaban J connectivity index is 0.00000456. The zero-order valence-electron chi connectivity index (χ0n) is 20.7. The number of hydrogen-bond donors (Lipinski definition) is 3. The lowest BCUT2D eigenvalue weighted by molar-refractivity contribution is 0.0685. The number of aryl methyl sites for hydroxylation is 3. The number of nitrogens with zero attached hydrogens (tertiary/aromatic N) is 4. The molecule has 2 heterocycles. The van der Waals surface area contributed by atoms with Crippen LogP contribution in [0.5, 0.6) is 5.88 Å². The summed E-state index contributed by atoms with van der Waals surface area (Å²) >= 11 is 0. The van der Waals surface area contributed by atoms with Crippen molar-refractivity contribution in [2.45, 2.75) is 45.2 Å². The fourth-order valence-electron chi connectivity index (χ4n) is 3.70. The van der Waals surface area contributed by atoms with E-state index in [0.717, 1.165) is 33.9 Å². The summed E-state index contributed by atoms with van der Waals surface area (Å²) in [6.45, 7) is 8.16. The van der Waals surface area contributed by atoms with Crippen molar-refractivity contribution in [3.8, 4) is 17.1 Å². The standard InChI is InChI=1S/C23H30N6O5S.ClH/c1-13(2)9-16(24)12-34-19-10-17(21-14(3)7-6-8-15(21)4)25-23(26-19)28-35(32,33)20-11-18(22(30)31)29(5)27-20;/h6-8,10-11,13,16H,9,12,24H2,1-5H3,(H,30,31)(H,25,26,28);1H/t16-;/m1./s1. The van der Waals surface area contributed by atoms with E-state index in [1.165, 1.54) is 7.05 Å². The second-order valence-corrected chi connectivity index (χ2v) is 10.4. The normalized spacial score (nSPS) is 12.2. The van der Waals surface area contributed by atoms with Gasteiger partial charge in [-0.05, 0) is 37.3 Å². The van der Waals surface area contributed by atoms with Crippen molar-refractivity contribution in [3.05, 3.63) is 47.2 Å². The summed E-state index contributed by atoms with van der Waals surface area (Å²) in [6, 6.07) is 8.14. The number of benzene rings is 1. The van der Waals surface area contributed by atoms with E-state index in [2.05, 4.69) is 33.6 Å². The zero-order chi connectivity index (χ0) is 25.9. The fraction of sp³-hybridized carbons (Fsp3) is 0.391. The van der Waals surface area contributed by atoms with Crippen LogP contribution in [0.2, 0.25) is 0 Å². The van der Waals surface area contributed by atoms with Gasteiger partial charge in [0.1, 0.15) is 12.3 Å². The number of hydrogen-bond acceptors (Lipinski definition) is 8. The van der Waals surface area contributed by atoms with E-state index >= 15 is 0 Å². The molecule has 0 amide bonds. The first-order valence-electron chi connectivity index (χ1n) is 11.0. The summed E-state index contributed by atoms with van der Waals surface area (Å²) in [7, 11) is -2.94. The van der Waals surface area contributed by atoms with Crippen LogP contribution in [0.1, 0.15) is 41.9 Å². The predicted molar refractivity (Wildman–Crippen MR) is 138 cm³/mol. The van der Waals surface area contributed by atoms with Gasteiger partial charge in [0.25, 0.3) is 10.0 Å². The Morgan fingerprint density at radius 3 is 2.39 bits per heavy atom. The van der Waals surface area contributed by atoms with Gasteiger partial charge in [0.2, 0.25) is 11.8 Å². The van der Waals surface area contributed by atoms with Gasteiger partial charge in [0.15, 0.2) is 5.03 Å². The van der Waals surface area contributed by atoms with E-state index < -0.39 is 21.0 Å². The smallest absolute Gasteiger partial charge is 0.354 e. The molecule has 3 aromatic rings. The molecule has 196 valence electrons. The van der Waals surface area contributed by atoms with E-state index in [4.69, 9.17) is 10.5 Å². The van der Waals surface area contributed by atoms with E-state index in [0.29, 0.717) is 11.6 Å². The van der Waals surface area contributed by atoms with Crippen molar-refractivity contribution < 1.29 is 23.1 Å². The number of carbonyl (C=O) groups is 1. The third-order valence-corrected chi connectivity index (χ3v) is 6.44. The molecular weight excluding hydrogens is 508 g/mol. The lowest BCUT2D eigenvalue weighted by Gasteiger charge is -2.16. The highest BCUT2D eigenvalue weighted by Crippen LogP contribution is 2.29. The van der Waals surface area contributed by atoms with Gasteiger partial charge < -0.3 is 15.6 Å². The number of carboxylic acid groups (broad SMARTS) is 1.